The number of rotatable bonds is 6. The molecule has 2 aromatic carbocycles. The summed E-state index contributed by atoms with van der Waals surface area (Å²) in [6, 6.07) is 13.5. The highest BCUT2D eigenvalue weighted by Crippen LogP contribution is 2.25. The van der Waals surface area contributed by atoms with Crippen LogP contribution < -0.4 is 10.4 Å². The molecule has 2 aromatic rings. The molecule has 0 saturated carbocycles. The number of hydrogen-bond donors (Lipinski definition) is 1. The minimum Gasteiger partial charge on any atom is -0.324 e. The van der Waals surface area contributed by atoms with Gasteiger partial charge in [-0.2, -0.15) is 0 Å². The fraction of sp³-hybridized carbons (Fsp3) is 0.417. The molecule has 31 heavy (non-hydrogen) atoms. The summed E-state index contributed by atoms with van der Waals surface area (Å²) in [5, 5.41) is 0. The zero-order chi connectivity index (χ0) is 22.4. The number of carbonyl (C=O) groups is 2. The molecule has 166 valence electrons. The summed E-state index contributed by atoms with van der Waals surface area (Å²) in [4.78, 5) is 29.3. The van der Waals surface area contributed by atoms with Gasteiger partial charge >= 0.3 is 6.03 Å². The summed E-state index contributed by atoms with van der Waals surface area (Å²) in [5.74, 6) is 0.358. The van der Waals surface area contributed by atoms with Gasteiger partial charge in [0.05, 0.1) is 6.54 Å². The molecule has 0 aliphatic carbocycles. The van der Waals surface area contributed by atoms with Crippen LogP contribution in [-0.2, 0) is 16.1 Å². The third kappa shape index (κ3) is 5.98. The molecule has 1 aliphatic heterocycles. The van der Waals surface area contributed by atoms with Crippen molar-refractivity contribution in [3.63, 3.8) is 0 Å². The highest BCUT2D eigenvalue weighted by atomic mass is 127. The van der Waals surface area contributed by atoms with E-state index in [4.69, 9.17) is 0 Å². The van der Waals surface area contributed by atoms with Crippen molar-refractivity contribution < 1.29 is 12.8 Å². The first-order valence-corrected chi connectivity index (χ1v) is 11.6. The predicted octanol–water partition coefficient (Wildman–Crippen LogP) is 5.43. The number of anilines is 1. The second-order valence-electron chi connectivity index (χ2n) is 8.21. The molecule has 0 radical (unpaired) electrons. The van der Waals surface area contributed by atoms with Crippen molar-refractivity contribution in [2.24, 2.45) is 5.92 Å². The van der Waals surface area contributed by atoms with Gasteiger partial charge in [0.25, 0.3) is 5.91 Å². The van der Waals surface area contributed by atoms with E-state index in [-0.39, 0.29) is 11.9 Å². The Morgan fingerprint density at radius 1 is 1.16 bits per heavy atom. The van der Waals surface area contributed by atoms with Gasteiger partial charge in [-0.25, -0.2) is 13.4 Å². The van der Waals surface area contributed by atoms with Gasteiger partial charge in [0.1, 0.15) is 23.0 Å². The van der Waals surface area contributed by atoms with Crippen molar-refractivity contribution in [2.45, 2.75) is 46.6 Å². The van der Waals surface area contributed by atoms with E-state index in [1.165, 1.54) is 11.1 Å². The Balaban J connectivity index is 1.87. The highest BCUT2D eigenvalue weighted by Gasteiger charge is 2.26. The van der Waals surface area contributed by atoms with Crippen molar-refractivity contribution in [2.75, 3.05) is 18.0 Å². The Bertz CT molecular complexity index is 909. The van der Waals surface area contributed by atoms with E-state index >= 15 is 0 Å². The Morgan fingerprint density at radius 2 is 1.84 bits per heavy atom. The summed E-state index contributed by atoms with van der Waals surface area (Å²) in [7, 11) is 0. The summed E-state index contributed by atoms with van der Waals surface area (Å²) in [5.41, 5.74) is 7.16. The van der Waals surface area contributed by atoms with Crippen molar-refractivity contribution in [3.8, 4) is 0 Å². The molecule has 0 spiro atoms. The van der Waals surface area contributed by atoms with Gasteiger partial charge in [-0.1, -0.05) is 32.0 Å². The molecule has 0 unspecified atom stereocenters. The number of aryl methyl sites for hydroxylation is 2. The third-order valence-corrected chi connectivity index (χ3v) is 6.22. The smallest absolute Gasteiger partial charge is 0.324 e. The fourth-order valence-electron chi connectivity index (χ4n) is 3.88. The molecular weight excluding hydrogens is 505 g/mol. The number of benzene rings is 2. The largest absolute Gasteiger partial charge is 0.324 e. The second kappa shape index (κ2) is 10.9. The third-order valence-electron chi connectivity index (χ3n) is 6.00. The Kier molecular flexibility index (Phi) is 8.31. The van der Waals surface area contributed by atoms with Gasteiger partial charge in [0.2, 0.25) is 0 Å². The van der Waals surface area contributed by atoms with Crippen molar-refractivity contribution in [3.05, 3.63) is 64.7 Å². The molecule has 1 heterocycles. The van der Waals surface area contributed by atoms with E-state index < -0.39 is 0 Å². The van der Waals surface area contributed by atoms with Gasteiger partial charge in [-0.15, -0.1) is 0 Å². The van der Waals surface area contributed by atoms with E-state index in [9.17, 15) is 9.59 Å². The normalized spacial score (nSPS) is 14.4. The molecule has 1 fully saturated rings. The SMILES string of the molecule is CCc1cc(N(Cc2ccc(C(=O)NOI)cc2)C(=O)N2CCC(C)CC2)ccc1C. The second-order valence-corrected chi connectivity index (χ2v) is 8.65. The van der Waals surface area contributed by atoms with E-state index in [1.54, 1.807) is 35.1 Å². The van der Waals surface area contributed by atoms with Crippen LogP contribution in [0.1, 0.15) is 53.7 Å². The number of amides is 3. The summed E-state index contributed by atoms with van der Waals surface area (Å²) in [6.45, 7) is 8.50. The van der Waals surface area contributed by atoms with Gasteiger partial charge < -0.3 is 4.90 Å². The van der Waals surface area contributed by atoms with Gasteiger partial charge in [0.15, 0.2) is 0 Å². The van der Waals surface area contributed by atoms with E-state index in [0.717, 1.165) is 43.6 Å². The lowest BCUT2D eigenvalue weighted by Crippen LogP contribution is -2.46. The lowest BCUT2D eigenvalue weighted by Gasteiger charge is -2.35. The van der Waals surface area contributed by atoms with E-state index in [1.807, 2.05) is 28.0 Å². The number of halogens is 1. The molecular formula is C24H30IN3O3. The first kappa shape index (κ1) is 23.5. The standard InChI is InChI=1S/C24H30IN3O3/c1-4-20-15-22(10-5-18(20)3)28(24(30)27-13-11-17(2)12-14-27)16-19-6-8-21(9-7-19)23(29)26-31-25/h5-10,15,17H,4,11-14,16H2,1-3H3,(H,26,29). The topological polar surface area (TPSA) is 61.9 Å². The predicted molar refractivity (Wildman–Crippen MR) is 131 cm³/mol. The number of urea groups is 1. The van der Waals surface area contributed by atoms with Crippen LogP contribution >= 0.6 is 23.0 Å². The number of hydrogen-bond acceptors (Lipinski definition) is 3. The molecule has 0 atom stereocenters. The molecule has 3 rings (SSSR count). The zero-order valence-electron chi connectivity index (χ0n) is 18.4. The Hall–Kier alpha value is -2.13. The number of carbonyl (C=O) groups excluding carboxylic acids is 2. The summed E-state index contributed by atoms with van der Waals surface area (Å²) < 4.78 is 4.66. The minimum atomic E-state index is -0.303. The minimum absolute atomic E-state index is 0.0398. The van der Waals surface area contributed by atoms with Crippen LogP contribution in [-0.4, -0.2) is 29.9 Å². The lowest BCUT2D eigenvalue weighted by atomic mass is 9.99. The van der Waals surface area contributed by atoms with Crippen molar-refractivity contribution in [1.29, 1.82) is 0 Å². The van der Waals surface area contributed by atoms with Crippen LogP contribution in [0.3, 0.4) is 0 Å². The van der Waals surface area contributed by atoms with Gasteiger partial charge in [0, 0.05) is 24.3 Å². The highest BCUT2D eigenvalue weighted by molar-refractivity contribution is 14.1. The number of likely N-dealkylation sites (tertiary alicyclic amines) is 1. The Morgan fingerprint density at radius 3 is 2.45 bits per heavy atom. The molecule has 3 amide bonds. The maximum Gasteiger partial charge on any atom is 0.324 e. The molecule has 0 bridgehead atoms. The molecule has 0 aromatic heterocycles. The van der Waals surface area contributed by atoms with Crippen LogP contribution in [0.25, 0.3) is 0 Å². The van der Waals surface area contributed by atoms with Crippen LogP contribution in [0.15, 0.2) is 42.5 Å². The fourth-order valence-corrected chi connectivity index (χ4v) is 4.08. The average Bonchev–Trinajstić information content (AvgIpc) is 2.78. The molecule has 1 aliphatic rings. The van der Waals surface area contributed by atoms with Crippen molar-refractivity contribution in [1.82, 2.24) is 10.4 Å². The maximum atomic E-state index is 13.5. The van der Waals surface area contributed by atoms with Crippen LogP contribution in [0.4, 0.5) is 10.5 Å². The van der Waals surface area contributed by atoms with Crippen molar-refractivity contribution >= 4 is 40.6 Å². The molecule has 1 N–H and O–H groups in total. The number of nitrogens with zero attached hydrogens (tertiary/aromatic N) is 2. The molecule has 1 saturated heterocycles. The van der Waals surface area contributed by atoms with Gasteiger partial charge in [-0.05, 0) is 73.1 Å². The number of piperidine rings is 1. The van der Waals surface area contributed by atoms with Crippen LogP contribution in [0, 0.1) is 12.8 Å². The van der Waals surface area contributed by atoms with Crippen LogP contribution in [0.2, 0.25) is 0 Å². The quantitative estimate of drug-likeness (QED) is 0.397. The average molecular weight is 535 g/mol. The number of nitrogens with one attached hydrogen (secondary N) is 1. The monoisotopic (exact) mass is 535 g/mol. The number of hydroxylamine groups is 1. The summed E-state index contributed by atoms with van der Waals surface area (Å²) >= 11 is 1.62. The zero-order valence-corrected chi connectivity index (χ0v) is 20.5. The molecule has 7 heteroatoms. The summed E-state index contributed by atoms with van der Waals surface area (Å²) in [6.07, 6.45) is 3.00. The molecule has 6 nitrogen and oxygen atoms in total. The maximum absolute atomic E-state index is 13.5. The lowest BCUT2D eigenvalue weighted by molar-refractivity contribution is 0.0829. The van der Waals surface area contributed by atoms with E-state index in [0.29, 0.717) is 18.0 Å². The van der Waals surface area contributed by atoms with Crippen LogP contribution in [0.5, 0.6) is 0 Å². The first-order chi connectivity index (χ1) is 14.9. The van der Waals surface area contributed by atoms with Gasteiger partial charge in [-0.3, -0.25) is 9.69 Å². The Labute approximate surface area is 198 Å². The first-order valence-electron chi connectivity index (χ1n) is 10.8. The van der Waals surface area contributed by atoms with E-state index in [2.05, 4.69) is 41.6 Å².